The lowest BCUT2D eigenvalue weighted by Gasteiger charge is -2.34. The molecule has 1 atom stereocenters. The Hall–Kier alpha value is -2.17. The summed E-state index contributed by atoms with van der Waals surface area (Å²) in [6, 6.07) is 4.62. The maximum Gasteiger partial charge on any atom is 0.309 e. The van der Waals surface area contributed by atoms with Gasteiger partial charge in [-0.15, -0.1) is 0 Å². The molecular formula is C19H29N3O6S. The van der Waals surface area contributed by atoms with Gasteiger partial charge in [-0.25, -0.2) is 8.42 Å². The minimum Gasteiger partial charge on any atom is -0.496 e. The van der Waals surface area contributed by atoms with E-state index in [2.05, 4.69) is 10.6 Å². The van der Waals surface area contributed by atoms with E-state index in [4.69, 9.17) is 9.47 Å². The Morgan fingerprint density at radius 1 is 1.28 bits per heavy atom. The van der Waals surface area contributed by atoms with Crippen molar-refractivity contribution in [3.63, 3.8) is 0 Å². The van der Waals surface area contributed by atoms with Crippen molar-refractivity contribution in [1.82, 2.24) is 14.9 Å². The molecule has 0 aromatic heterocycles. The van der Waals surface area contributed by atoms with Crippen molar-refractivity contribution in [2.24, 2.45) is 0 Å². The largest absolute Gasteiger partial charge is 0.496 e. The van der Waals surface area contributed by atoms with Crippen molar-refractivity contribution in [3.8, 4) is 5.75 Å². The van der Waals surface area contributed by atoms with Crippen molar-refractivity contribution in [3.05, 3.63) is 23.8 Å². The summed E-state index contributed by atoms with van der Waals surface area (Å²) in [7, 11) is -2.32. The topological polar surface area (TPSA) is 114 Å². The summed E-state index contributed by atoms with van der Waals surface area (Å²) in [4.78, 5) is 23.9. The van der Waals surface area contributed by atoms with Gasteiger partial charge in [0, 0.05) is 13.1 Å². The van der Waals surface area contributed by atoms with Crippen LogP contribution < -0.4 is 15.4 Å². The summed E-state index contributed by atoms with van der Waals surface area (Å²) in [6.07, 6.45) is 1.33. The highest BCUT2D eigenvalue weighted by molar-refractivity contribution is 7.89. The molecule has 29 heavy (non-hydrogen) atoms. The minimum atomic E-state index is -3.84. The molecule has 2 amide bonds. The van der Waals surface area contributed by atoms with Gasteiger partial charge >= 0.3 is 11.8 Å². The SMILES string of the molecule is CCCCNC(=O)C(=O)NCC1OCCCN1S(=O)(=O)c1ccc(OC)c(C)c1. The molecule has 10 heteroatoms. The van der Waals surface area contributed by atoms with Gasteiger partial charge in [-0.2, -0.15) is 4.31 Å². The second-order valence-electron chi connectivity index (χ2n) is 6.75. The molecular weight excluding hydrogens is 398 g/mol. The number of nitrogens with one attached hydrogen (secondary N) is 2. The minimum absolute atomic E-state index is 0.117. The summed E-state index contributed by atoms with van der Waals surface area (Å²) in [5, 5.41) is 4.98. The van der Waals surface area contributed by atoms with Crippen LogP contribution in [-0.2, 0) is 24.3 Å². The van der Waals surface area contributed by atoms with Crippen LogP contribution in [0.5, 0.6) is 5.75 Å². The van der Waals surface area contributed by atoms with E-state index in [-0.39, 0.29) is 18.0 Å². The molecule has 1 aliphatic heterocycles. The second kappa shape index (κ2) is 10.6. The first-order chi connectivity index (χ1) is 13.8. The molecule has 1 saturated heterocycles. The number of ether oxygens (including phenoxy) is 2. The van der Waals surface area contributed by atoms with Gasteiger partial charge in [0.2, 0.25) is 10.0 Å². The van der Waals surface area contributed by atoms with E-state index in [1.807, 2.05) is 6.92 Å². The van der Waals surface area contributed by atoms with Crippen molar-refractivity contribution >= 4 is 21.8 Å². The predicted octanol–water partition coefficient (Wildman–Crippen LogP) is 0.773. The van der Waals surface area contributed by atoms with Gasteiger partial charge in [0.25, 0.3) is 0 Å². The summed E-state index contributed by atoms with van der Waals surface area (Å²) in [5.41, 5.74) is 0.695. The molecule has 1 heterocycles. The number of unbranched alkanes of at least 4 members (excludes halogenated alkanes) is 1. The zero-order valence-corrected chi connectivity index (χ0v) is 17.9. The smallest absolute Gasteiger partial charge is 0.309 e. The average Bonchev–Trinajstić information content (AvgIpc) is 2.72. The molecule has 1 aromatic rings. The van der Waals surface area contributed by atoms with Crippen molar-refractivity contribution in [1.29, 1.82) is 0 Å². The van der Waals surface area contributed by atoms with Crippen LogP contribution in [0.25, 0.3) is 0 Å². The van der Waals surface area contributed by atoms with E-state index in [0.29, 0.717) is 30.9 Å². The van der Waals surface area contributed by atoms with Crippen LogP contribution in [0.2, 0.25) is 0 Å². The number of benzene rings is 1. The number of nitrogens with zero attached hydrogens (tertiary/aromatic N) is 1. The Morgan fingerprint density at radius 3 is 2.66 bits per heavy atom. The second-order valence-corrected chi connectivity index (χ2v) is 8.64. The maximum absolute atomic E-state index is 13.1. The van der Waals surface area contributed by atoms with E-state index in [1.54, 1.807) is 19.1 Å². The summed E-state index contributed by atoms with van der Waals surface area (Å²) >= 11 is 0. The Morgan fingerprint density at radius 2 is 2.00 bits per heavy atom. The van der Waals surface area contributed by atoms with Gasteiger partial charge in [-0.1, -0.05) is 13.3 Å². The number of amides is 2. The van der Waals surface area contributed by atoms with Gasteiger partial charge < -0.3 is 20.1 Å². The molecule has 1 aliphatic rings. The molecule has 0 radical (unpaired) electrons. The number of hydrogen-bond acceptors (Lipinski definition) is 6. The highest BCUT2D eigenvalue weighted by Crippen LogP contribution is 2.26. The van der Waals surface area contributed by atoms with Crippen LogP contribution in [0.15, 0.2) is 23.1 Å². The van der Waals surface area contributed by atoms with Gasteiger partial charge in [0.1, 0.15) is 12.0 Å². The number of rotatable bonds is 8. The van der Waals surface area contributed by atoms with Crippen molar-refractivity contribution in [2.75, 3.05) is 33.4 Å². The monoisotopic (exact) mass is 427 g/mol. The number of carbonyl (C=O) groups is 2. The molecule has 1 fully saturated rings. The van der Waals surface area contributed by atoms with Gasteiger partial charge in [0.15, 0.2) is 0 Å². The fraction of sp³-hybridized carbons (Fsp3) is 0.579. The van der Waals surface area contributed by atoms with E-state index < -0.39 is 28.1 Å². The Balaban J connectivity index is 2.07. The Kier molecular flexibility index (Phi) is 8.42. The standard InChI is InChI=1S/C19H29N3O6S/c1-4-5-9-20-18(23)19(24)21-13-17-22(10-6-11-28-17)29(25,26)15-7-8-16(27-3)14(2)12-15/h7-8,12,17H,4-6,9-11,13H2,1-3H3,(H,20,23)(H,21,24). The van der Waals surface area contributed by atoms with Crippen LogP contribution in [0, 0.1) is 6.92 Å². The lowest BCUT2D eigenvalue weighted by atomic mass is 10.2. The number of hydrogen-bond donors (Lipinski definition) is 2. The average molecular weight is 428 g/mol. The third kappa shape index (κ3) is 5.91. The van der Waals surface area contributed by atoms with E-state index in [0.717, 1.165) is 12.8 Å². The molecule has 2 N–H and O–H groups in total. The molecule has 1 aromatic carbocycles. The molecule has 0 bridgehead atoms. The zero-order valence-electron chi connectivity index (χ0n) is 17.1. The Labute approximate surface area is 171 Å². The summed E-state index contributed by atoms with van der Waals surface area (Å²) < 4.78 is 38.2. The van der Waals surface area contributed by atoms with Crippen molar-refractivity contribution in [2.45, 2.75) is 44.2 Å². The molecule has 2 rings (SSSR count). The van der Waals surface area contributed by atoms with E-state index in [9.17, 15) is 18.0 Å². The first-order valence-electron chi connectivity index (χ1n) is 9.65. The molecule has 9 nitrogen and oxygen atoms in total. The summed E-state index contributed by atoms with van der Waals surface area (Å²) in [6.45, 7) is 4.67. The van der Waals surface area contributed by atoms with Gasteiger partial charge in [-0.3, -0.25) is 9.59 Å². The van der Waals surface area contributed by atoms with Crippen LogP contribution in [0.4, 0.5) is 0 Å². The number of sulfonamides is 1. The van der Waals surface area contributed by atoms with Crippen LogP contribution >= 0.6 is 0 Å². The fourth-order valence-corrected chi connectivity index (χ4v) is 4.62. The number of carbonyl (C=O) groups excluding carboxylic acids is 2. The normalized spacial score (nSPS) is 17.6. The lowest BCUT2D eigenvalue weighted by Crippen LogP contribution is -2.53. The zero-order chi connectivity index (χ0) is 21.4. The third-order valence-electron chi connectivity index (χ3n) is 4.59. The maximum atomic E-state index is 13.1. The van der Waals surface area contributed by atoms with E-state index >= 15 is 0 Å². The van der Waals surface area contributed by atoms with Crippen LogP contribution in [-0.4, -0.2) is 64.1 Å². The first kappa shape index (κ1) is 23.1. The number of aryl methyl sites for hydroxylation is 1. The fourth-order valence-electron chi connectivity index (χ4n) is 2.97. The highest BCUT2D eigenvalue weighted by atomic mass is 32.2. The molecule has 1 unspecified atom stereocenters. The highest BCUT2D eigenvalue weighted by Gasteiger charge is 2.35. The molecule has 0 aliphatic carbocycles. The molecule has 0 spiro atoms. The molecule has 162 valence electrons. The van der Waals surface area contributed by atoms with Crippen molar-refractivity contribution < 1.29 is 27.5 Å². The summed E-state index contributed by atoms with van der Waals surface area (Å²) in [5.74, 6) is -0.959. The van der Waals surface area contributed by atoms with Crippen LogP contribution in [0.3, 0.4) is 0 Å². The predicted molar refractivity (Wildman–Crippen MR) is 107 cm³/mol. The van der Waals surface area contributed by atoms with Crippen LogP contribution in [0.1, 0.15) is 31.7 Å². The quantitative estimate of drug-likeness (QED) is 0.468. The first-order valence-corrected chi connectivity index (χ1v) is 11.1. The number of methoxy groups -OCH3 is 1. The lowest BCUT2D eigenvalue weighted by molar-refractivity contribution is -0.140. The van der Waals surface area contributed by atoms with Gasteiger partial charge in [-0.05, 0) is 43.5 Å². The van der Waals surface area contributed by atoms with E-state index in [1.165, 1.54) is 17.5 Å². The third-order valence-corrected chi connectivity index (χ3v) is 6.47. The van der Waals surface area contributed by atoms with Gasteiger partial charge in [0.05, 0.1) is 25.2 Å². The Bertz CT molecular complexity index is 827. The molecule has 0 saturated carbocycles.